The Hall–Kier alpha value is -0.330. The van der Waals surface area contributed by atoms with Gasteiger partial charge in [0, 0.05) is 12.6 Å². The molecule has 0 aromatic carbocycles. The van der Waals surface area contributed by atoms with Crippen LogP contribution in [0.15, 0.2) is 0 Å². The summed E-state index contributed by atoms with van der Waals surface area (Å²) in [7, 11) is -3.25. The van der Waals surface area contributed by atoms with Crippen LogP contribution in [0.2, 0.25) is 0 Å². The summed E-state index contributed by atoms with van der Waals surface area (Å²) in [6, 6.07) is 0.0850. The number of hydrogen-bond acceptors (Lipinski definition) is 4. The number of rotatable bonds is 5. The molecule has 1 saturated heterocycles. The molecule has 1 rings (SSSR count). The Morgan fingerprint density at radius 3 is 2.59 bits per heavy atom. The maximum absolute atomic E-state index is 11.5. The van der Waals surface area contributed by atoms with Crippen LogP contribution >= 0.6 is 12.4 Å². The minimum absolute atomic E-state index is 0. The predicted molar refractivity (Wildman–Crippen MR) is 70.2 cm³/mol. The van der Waals surface area contributed by atoms with Crippen LogP contribution in [-0.2, 0) is 14.6 Å². The highest BCUT2D eigenvalue weighted by molar-refractivity contribution is 7.92. The minimum atomic E-state index is -3.25. The molecule has 1 aliphatic heterocycles. The Labute approximate surface area is 109 Å². The summed E-state index contributed by atoms with van der Waals surface area (Å²) in [5, 5.41) is 5.84. The molecule has 1 fully saturated rings. The zero-order valence-electron chi connectivity index (χ0n) is 10.2. The highest BCUT2D eigenvalue weighted by Crippen LogP contribution is 2.02. The van der Waals surface area contributed by atoms with Gasteiger partial charge in [-0.15, -0.1) is 12.4 Å². The molecule has 102 valence electrons. The molecule has 1 heterocycles. The molecule has 0 aromatic heterocycles. The van der Waals surface area contributed by atoms with Crippen molar-refractivity contribution >= 4 is 28.2 Å². The lowest BCUT2D eigenvalue weighted by molar-refractivity contribution is -0.119. The summed E-state index contributed by atoms with van der Waals surface area (Å²) in [4.78, 5) is 11.5. The first-order chi connectivity index (χ1) is 7.39. The average Bonchev–Trinajstić information content (AvgIpc) is 2.51. The van der Waals surface area contributed by atoms with Gasteiger partial charge in [-0.25, -0.2) is 8.42 Å². The lowest BCUT2D eigenvalue weighted by Gasteiger charge is -2.12. The van der Waals surface area contributed by atoms with E-state index in [0.29, 0.717) is 0 Å². The summed E-state index contributed by atoms with van der Waals surface area (Å²) in [5.74, 6) is -0.634. The van der Waals surface area contributed by atoms with Gasteiger partial charge < -0.3 is 10.6 Å². The number of halogens is 1. The third kappa shape index (κ3) is 6.85. The second-order valence-corrected chi connectivity index (χ2v) is 6.81. The Morgan fingerprint density at radius 1 is 1.47 bits per heavy atom. The maximum Gasteiger partial charge on any atom is 0.235 e. The molecule has 17 heavy (non-hydrogen) atoms. The van der Waals surface area contributed by atoms with Gasteiger partial charge in [0.05, 0.1) is 5.75 Å². The van der Waals surface area contributed by atoms with Crippen LogP contribution in [0.4, 0.5) is 0 Å². The van der Waals surface area contributed by atoms with E-state index in [1.165, 1.54) is 0 Å². The van der Waals surface area contributed by atoms with Crippen LogP contribution in [0.3, 0.4) is 0 Å². The number of hydrogen-bond donors (Lipinski definition) is 2. The van der Waals surface area contributed by atoms with Crippen LogP contribution in [0.1, 0.15) is 20.3 Å². The molecule has 0 saturated carbocycles. The summed E-state index contributed by atoms with van der Waals surface area (Å²) >= 11 is 0. The second-order valence-electron chi connectivity index (χ2n) is 4.71. The van der Waals surface area contributed by atoms with Crippen molar-refractivity contribution < 1.29 is 13.2 Å². The third-order valence-electron chi connectivity index (χ3n) is 2.36. The fourth-order valence-electron chi connectivity index (χ4n) is 1.81. The van der Waals surface area contributed by atoms with E-state index < -0.39 is 9.84 Å². The van der Waals surface area contributed by atoms with Gasteiger partial charge in [-0.2, -0.15) is 0 Å². The van der Waals surface area contributed by atoms with E-state index >= 15 is 0 Å². The first-order valence-electron chi connectivity index (χ1n) is 5.59. The van der Waals surface area contributed by atoms with Crippen molar-refractivity contribution in [1.82, 2.24) is 10.6 Å². The first-order valence-corrected chi connectivity index (χ1v) is 7.41. The Balaban J connectivity index is 0.00000256. The van der Waals surface area contributed by atoms with E-state index in [2.05, 4.69) is 10.6 Å². The summed E-state index contributed by atoms with van der Waals surface area (Å²) in [6.45, 7) is 5.27. The quantitative estimate of drug-likeness (QED) is 0.743. The molecule has 7 heteroatoms. The lowest BCUT2D eigenvalue weighted by Crippen LogP contribution is -2.40. The van der Waals surface area contributed by atoms with Gasteiger partial charge in [0.25, 0.3) is 0 Å². The smallest absolute Gasteiger partial charge is 0.235 e. The van der Waals surface area contributed by atoms with Gasteiger partial charge in [-0.3, -0.25) is 4.79 Å². The lowest BCUT2D eigenvalue weighted by atomic mass is 10.3. The van der Waals surface area contributed by atoms with Crippen LogP contribution < -0.4 is 10.6 Å². The largest absolute Gasteiger partial charge is 0.351 e. The van der Waals surface area contributed by atoms with E-state index in [0.717, 1.165) is 19.5 Å². The molecule has 0 radical (unpaired) electrons. The fourth-order valence-corrected chi connectivity index (χ4v) is 3.43. The Kier molecular flexibility index (Phi) is 7.04. The van der Waals surface area contributed by atoms with Crippen molar-refractivity contribution in [2.45, 2.75) is 26.3 Å². The fraction of sp³-hybridized carbons (Fsp3) is 0.900. The van der Waals surface area contributed by atoms with Crippen molar-refractivity contribution in [2.24, 2.45) is 5.92 Å². The minimum Gasteiger partial charge on any atom is -0.351 e. The van der Waals surface area contributed by atoms with E-state index in [9.17, 15) is 13.2 Å². The van der Waals surface area contributed by atoms with Gasteiger partial charge >= 0.3 is 0 Å². The summed E-state index contributed by atoms with van der Waals surface area (Å²) in [5.41, 5.74) is 0. The van der Waals surface area contributed by atoms with Crippen molar-refractivity contribution in [2.75, 3.05) is 24.6 Å². The normalized spacial score (nSPS) is 20.1. The van der Waals surface area contributed by atoms with E-state index in [1.54, 1.807) is 0 Å². The molecule has 0 bridgehead atoms. The summed E-state index contributed by atoms with van der Waals surface area (Å²) < 4.78 is 23.1. The molecule has 0 spiro atoms. The molecule has 1 amide bonds. The highest BCUT2D eigenvalue weighted by Gasteiger charge is 2.21. The monoisotopic (exact) mass is 284 g/mol. The molecule has 2 N–H and O–H groups in total. The zero-order valence-corrected chi connectivity index (χ0v) is 11.9. The van der Waals surface area contributed by atoms with E-state index in [4.69, 9.17) is 0 Å². The molecule has 0 aromatic rings. The van der Waals surface area contributed by atoms with Gasteiger partial charge in [0.15, 0.2) is 9.84 Å². The molecule has 5 nitrogen and oxygen atoms in total. The van der Waals surface area contributed by atoms with Crippen molar-refractivity contribution in [3.05, 3.63) is 0 Å². The SMILES string of the molecule is CC(C)CS(=O)(=O)CC(=O)NC1CCNC1.Cl. The molecule has 1 unspecified atom stereocenters. The van der Waals surface area contributed by atoms with Gasteiger partial charge in [0.2, 0.25) is 5.91 Å². The van der Waals surface area contributed by atoms with Crippen molar-refractivity contribution in [3.8, 4) is 0 Å². The van der Waals surface area contributed by atoms with Crippen LogP contribution in [0.25, 0.3) is 0 Å². The summed E-state index contributed by atoms with van der Waals surface area (Å²) in [6.07, 6.45) is 0.871. The first kappa shape index (κ1) is 16.7. The highest BCUT2D eigenvalue weighted by atomic mass is 35.5. The zero-order chi connectivity index (χ0) is 12.2. The molecule has 1 atom stereocenters. The topological polar surface area (TPSA) is 75.3 Å². The standard InChI is InChI=1S/C10H20N2O3S.ClH/c1-8(2)6-16(14,15)7-10(13)12-9-3-4-11-5-9;/h8-9,11H,3-7H2,1-2H3,(H,12,13);1H. The van der Waals surface area contributed by atoms with E-state index in [1.807, 2.05) is 13.8 Å². The van der Waals surface area contributed by atoms with Crippen LogP contribution in [0.5, 0.6) is 0 Å². The number of nitrogens with one attached hydrogen (secondary N) is 2. The predicted octanol–water partition coefficient (Wildman–Crippen LogP) is -0.0429. The Morgan fingerprint density at radius 2 is 2.12 bits per heavy atom. The number of sulfone groups is 1. The van der Waals surface area contributed by atoms with Crippen molar-refractivity contribution in [3.63, 3.8) is 0 Å². The molecular formula is C10H21ClN2O3S. The second kappa shape index (κ2) is 7.18. The van der Waals surface area contributed by atoms with Crippen LogP contribution in [0, 0.1) is 5.92 Å². The van der Waals surface area contributed by atoms with Crippen molar-refractivity contribution in [1.29, 1.82) is 0 Å². The van der Waals surface area contributed by atoms with Gasteiger partial charge in [-0.1, -0.05) is 13.8 Å². The van der Waals surface area contributed by atoms with Gasteiger partial charge in [0.1, 0.15) is 5.75 Å². The van der Waals surface area contributed by atoms with Crippen LogP contribution in [-0.4, -0.2) is 45.0 Å². The number of carbonyl (C=O) groups is 1. The Bertz CT molecular complexity index is 337. The maximum atomic E-state index is 11.5. The van der Waals surface area contributed by atoms with E-state index in [-0.39, 0.29) is 41.8 Å². The third-order valence-corrected chi connectivity index (χ3v) is 4.24. The average molecular weight is 285 g/mol. The number of carbonyl (C=O) groups excluding carboxylic acids is 1. The van der Waals surface area contributed by atoms with Gasteiger partial charge in [-0.05, 0) is 18.9 Å². The molecule has 1 aliphatic rings. The number of amides is 1. The molecular weight excluding hydrogens is 264 g/mol. The molecule has 0 aliphatic carbocycles.